The number of carbonyl (C=O) groups excluding carboxylic acids is 1. The quantitative estimate of drug-likeness (QED) is 0.806. The summed E-state index contributed by atoms with van der Waals surface area (Å²) in [6.45, 7) is 9.83. The van der Waals surface area contributed by atoms with Crippen molar-refractivity contribution in [3.63, 3.8) is 0 Å². The number of piperazine rings is 1. The molecule has 1 fully saturated rings. The number of carbonyl (C=O) groups is 1. The topological polar surface area (TPSA) is 44.4 Å². The van der Waals surface area contributed by atoms with Crippen molar-refractivity contribution in [1.29, 1.82) is 0 Å². The molecule has 1 aliphatic heterocycles. The third-order valence-electron chi connectivity index (χ3n) is 3.90. The maximum Gasteiger partial charge on any atom is 0.242 e. The van der Waals surface area contributed by atoms with Gasteiger partial charge >= 0.3 is 0 Å². The molecule has 1 aromatic rings. The fourth-order valence-electron chi connectivity index (χ4n) is 2.59. The number of hydrogen-bond acceptors (Lipinski definition) is 3. The van der Waals surface area contributed by atoms with E-state index in [2.05, 4.69) is 47.6 Å². The van der Waals surface area contributed by atoms with Crippen LogP contribution in [0.2, 0.25) is 0 Å². The second-order valence-electron chi connectivity index (χ2n) is 5.45. The number of aryl methyl sites for hydroxylation is 1. The molecule has 1 aliphatic rings. The first-order chi connectivity index (χ1) is 9.63. The molecule has 1 unspecified atom stereocenters. The maximum atomic E-state index is 11.7. The molecule has 0 radical (unpaired) electrons. The van der Waals surface area contributed by atoms with Crippen molar-refractivity contribution in [1.82, 2.24) is 10.6 Å². The van der Waals surface area contributed by atoms with Gasteiger partial charge in [0.1, 0.15) is 6.04 Å². The zero-order valence-corrected chi connectivity index (χ0v) is 12.7. The molecule has 0 saturated carbocycles. The average molecular weight is 275 g/mol. The molecule has 2 N–H and O–H groups in total. The Balaban J connectivity index is 2.09. The largest absolute Gasteiger partial charge is 0.358 e. The van der Waals surface area contributed by atoms with Crippen molar-refractivity contribution >= 4 is 11.6 Å². The van der Waals surface area contributed by atoms with Gasteiger partial charge in [0.2, 0.25) is 5.91 Å². The van der Waals surface area contributed by atoms with E-state index in [1.54, 1.807) is 0 Å². The van der Waals surface area contributed by atoms with Gasteiger partial charge in [-0.1, -0.05) is 13.0 Å². The number of nitrogens with zero attached hydrogens (tertiary/aromatic N) is 1. The summed E-state index contributed by atoms with van der Waals surface area (Å²) in [5.41, 5.74) is 3.75. The summed E-state index contributed by atoms with van der Waals surface area (Å²) < 4.78 is 0. The number of hydrogen-bond donors (Lipinski definition) is 2. The van der Waals surface area contributed by atoms with Crippen molar-refractivity contribution in [2.45, 2.75) is 39.8 Å². The van der Waals surface area contributed by atoms with E-state index >= 15 is 0 Å². The Morgan fingerprint density at radius 1 is 1.45 bits per heavy atom. The van der Waals surface area contributed by atoms with Gasteiger partial charge in [0.05, 0.1) is 0 Å². The Bertz CT molecular complexity index is 473. The summed E-state index contributed by atoms with van der Waals surface area (Å²) in [6.07, 6.45) is 1.15. The van der Waals surface area contributed by atoms with E-state index in [4.69, 9.17) is 0 Å². The highest BCUT2D eigenvalue weighted by atomic mass is 16.2. The van der Waals surface area contributed by atoms with Crippen LogP contribution in [0.15, 0.2) is 18.2 Å². The molecule has 4 nitrogen and oxygen atoms in total. The summed E-state index contributed by atoms with van der Waals surface area (Å²) in [5.74, 6) is 0.114. The zero-order valence-electron chi connectivity index (χ0n) is 12.7. The van der Waals surface area contributed by atoms with E-state index in [0.29, 0.717) is 0 Å². The van der Waals surface area contributed by atoms with Crippen LogP contribution in [-0.2, 0) is 11.3 Å². The molecule has 110 valence electrons. The first kappa shape index (κ1) is 14.9. The minimum absolute atomic E-state index is 0.0905. The molecular weight excluding hydrogens is 250 g/mol. The first-order valence-corrected chi connectivity index (χ1v) is 7.48. The predicted octanol–water partition coefficient (Wildman–Crippen LogP) is 1.82. The first-order valence-electron chi connectivity index (χ1n) is 7.48. The second-order valence-corrected chi connectivity index (χ2v) is 5.45. The molecular formula is C16H25N3O. The molecule has 0 aliphatic carbocycles. The van der Waals surface area contributed by atoms with Crippen molar-refractivity contribution in [3.8, 4) is 0 Å². The molecule has 4 heteroatoms. The van der Waals surface area contributed by atoms with Gasteiger partial charge in [0.25, 0.3) is 0 Å². The van der Waals surface area contributed by atoms with E-state index in [-0.39, 0.29) is 11.9 Å². The molecule has 0 bridgehead atoms. The Morgan fingerprint density at radius 3 is 2.95 bits per heavy atom. The fourth-order valence-corrected chi connectivity index (χ4v) is 2.59. The second kappa shape index (κ2) is 6.75. The van der Waals surface area contributed by atoms with Gasteiger partial charge in [-0.05, 0) is 50.1 Å². The van der Waals surface area contributed by atoms with Gasteiger partial charge in [-0.15, -0.1) is 0 Å². The van der Waals surface area contributed by atoms with Gasteiger partial charge < -0.3 is 15.5 Å². The van der Waals surface area contributed by atoms with Crippen LogP contribution in [0.25, 0.3) is 0 Å². The molecule has 1 aromatic carbocycles. The Hall–Kier alpha value is -1.55. The number of benzene rings is 1. The van der Waals surface area contributed by atoms with Crippen molar-refractivity contribution in [2.24, 2.45) is 0 Å². The van der Waals surface area contributed by atoms with Crippen LogP contribution in [0.4, 0.5) is 5.69 Å². The lowest BCUT2D eigenvalue weighted by atomic mass is 10.1. The van der Waals surface area contributed by atoms with Gasteiger partial charge in [-0.25, -0.2) is 0 Å². The van der Waals surface area contributed by atoms with Gasteiger partial charge in [-0.3, -0.25) is 4.79 Å². The van der Waals surface area contributed by atoms with Gasteiger partial charge in [0.15, 0.2) is 0 Å². The minimum Gasteiger partial charge on any atom is -0.358 e. The maximum absolute atomic E-state index is 11.7. The summed E-state index contributed by atoms with van der Waals surface area (Å²) >= 11 is 0. The van der Waals surface area contributed by atoms with Crippen LogP contribution in [-0.4, -0.2) is 31.6 Å². The lowest BCUT2D eigenvalue weighted by Crippen LogP contribution is -2.54. The van der Waals surface area contributed by atoms with Crippen LogP contribution >= 0.6 is 0 Å². The standard InChI is InChI=1S/C16H25N3O/c1-4-7-17-11-14-5-6-15(10-12(14)2)19-9-8-18-16(20)13(19)3/h5-6,10,13,17H,4,7-9,11H2,1-3H3,(H,18,20). The minimum atomic E-state index is -0.0905. The highest BCUT2D eigenvalue weighted by molar-refractivity contribution is 5.86. The van der Waals surface area contributed by atoms with E-state index in [0.717, 1.165) is 38.3 Å². The molecule has 0 spiro atoms. The molecule has 1 heterocycles. The summed E-state index contributed by atoms with van der Waals surface area (Å²) in [4.78, 5) is 13.9. The lowest BCUT2D eigenvalue weighted by Gasteiger charge is -2.35. The fraction of sp³-hybridized carbons (Fsp3) is 0.562. The lowest BCUT2D eigenvalue weighted by molar-refractivity contribution is -0.122. The number of nitrogens with one attached hydrogen (secondary N) is 2. The van der Waals surface area contributed by atoms with Gasteiger partial charge in [0, 0.05) is 25.3 Å². The molecule has 1 saturated heterocycles. The Kier molecular flexibility index (Phi) is 5.01. The molecule has 1 atom stereocenters. The van der Waals surface area contributed by atoms with E-state index in [9.17, 15) is 4.79 Å². The summed E-state index contributed by atoms with van der Waals surface area (Å²) in [5, 5.41) is 6.33. The summed E-state index contributed by atoms with van der Waals surface area (Å²) in [6, 6.07) is 6.41. The third kappa shape index (κ3) is 3.31. The zero-order chi connectivity index (χ0) is 14.5. The molecule has 0 aromatic heterocycles. The SMILES string of the molecule is CCCNCc1ccc(N2CCNC(=O)C2C)cc1C. The molecule has 20 heavy (non-hydrogen) atoms. The van der Waals surface area contributed by atoms with Crippen LogP contribution < -0.4 is 15.5 Å². The summed E-state index contributed by atoms with van der Waals surface area (Å²) in [7, 11) is 0. The number of rotatable bonds is 5. The average Bonchev–Trinajstić information content (AvgIpc) is 2.44. The molecule has 1 amide bonds. The van der Waals surface area contributed by atoms with Crippen molar-refractivity contribution in [3.05, 3.63) is 29.3 Å². The third-order valence-corrected chi connectivity index (χ3v) is 3.90. The predicted molar refractivity (Wildman–Crippen MR) is 83.0 cm³/mol. The van der Waals surface area contributed by atoms with Gasteiger partial charge in [-0.2, -0.15) is 0 Å². The highest BCUT2D eigenvalue weighted by Gasteiger charge is 2.25. The van der Waals surface area contributed by atoms with Crippen molar-refractivity contribution < 1.29 is 4.79 Å². The Labute approximate surface area is 121 Å². The van der Waals surface area contributed by atoms with Crippen LogP contribution in [0.3, 0.4) is 0 Å². The highest BCUT2D eigenvalue weighted by Crippen LogP contribution is 2.22. The van der Waals surface area contributed by atoms with Crippen molar-refractivity contribution in [2.75, 3.05) is 24.5 Å². The monoisotopic (exact) mass is 275 g/mol. The molecule has 2 rings (SSSR count). The van der Waals surface area contributed by atoms with Crippen LogP contribution in [0, 0.1) is 6.92 Å². The van der Waals surface area contributed by atoms with E-state index in [1.807, 2.05) is 6.92 Å². The van der Waals surface area contributed by atoms with E-state index < -0.39 is 0 Å². The smallest absolute Gasteiger partial charge is 0.242 e. The van der Waals surface area contributed by atoms with Crippen LogP contribution in [0.1, 0.15) is 31.4 Å². The number of anilines is 1. The normalized spacial score (nSPS) is 19.1. The number of amides is 1. The Morgan fingerprint density at radius 2 is 2.25 bits per heavy atom. The van der Waals surface area contributed by atoms with Crippen LogP contribution in [0.5, 0.6) is 0 Å². The van der Waals surface area contributed by atoms with E-state index in [1.165, 1.54) is 11.1 Å².